The van der Waals surface area contributed by atoms with Gasteiger partial charge in [-0.25, -0.2) is 0 Å². The fourth-order valence-corrected chi connectivity index (χ4v) is 3.73. The smallest absolute Gasteiger partial charge is 0.0786 e. The number of hydrogen-bond acceptors (Lipinski definition) is 1. The minimum absolute atomic E-state index is 1.03. The van der Waals surface area contributed by atoms with Gasteiger partial charge in [-0.1, -0.05) is 91.0 Å². The van der Waals surface area contributed by atoms with Crippen LogP contribution < -0.4 is 0 Å². The van der Waals surface area contributed by atoms with Crippen LogP contribution in [-0.4, -0.2) is 4.98 Å². The van der Waals surface area contributed by atoms with E-state index >= 15 is 0 Å². The summed E-state index contributed by atoms with van der Waals surface area (Å²) in [5, 5.41) is 4.97. The number of hydrogen-bond donors (Lipinski definition) is 0. The summed E-state index contributed by atoms with van der Waals surface area (Å²) in [4.78, 5) is 4.78. The highest BCUT2D eigenvalue weighted by atomic mass is 14.7. The van der Waals surface area contributed by atoms with Gasteiger partial charge in [0.1, 0.15) is 0 Å². The van der Waals surface area contributed by atoms with Crippen LogP contribution in [0.2, 0.25) is 0 Å². The Hall–Kier alpha value is -3.45. The highest BCUT2D eigenvalue weighted by Gasteiger charge is 2.13. The molecule has 0 unspecified atom stereocenters. The zero-order valence-electron chi connectivity index (χ0n) is 14.3. The van der Waals surface area contributed by atoms with E-state index in [0.717, 1.165) is 5.69 Å². The van der Waals surface area contributed by atoms with Crippen LogP contribution in [0.3, 0.4) is 0 Å². The fourth-order valence-electron chi connectivity index (χ4n) is 3.73. The molecule has 122 valence electrons. The first-order valence-electron chi connectivity index (χ1n) is 8.83. The molecule has 1 heteroatoms. The second-order valence-corrected chi connectivity index (χ2v) is 6.45. The molecule has 0 N–H and O–H groups in total. The summed E-state index contributed by atoms with van der Waals surface area (Å²) in [6.07, 6.45) is 1.88. The minimum Gasteiger partial charge on any atom is -0.256 e. The summed E-state index contributed by atoms with van der Waals surface area (Å²) >= 11 is 0. The Bertz CT molecular complexity index is 1130. The molecule has 5 aromatic rings. The number of pyridine rings is 1. The molecule has 0 bridgehead atoms. The van der Waals surface area contributed by atoms with Gasteiger partial charge >= 0.3 is 0 Å². The molecule has 0 saturated heterocycles. The van der Waals surface area contributed by atoms with E-state index in [9.17, 15) is 0 Å². The van der Waals surface area contributed by atoms with Crippen LogP contribution in [0, 0.1) is 0 Å². The van der Waals surface area contributed by atoms with E-state index in [1.165, 1.54) is 38.2 Å². The van der Waals surface area contributed by atoms with Gasteiger partial charge in [-0.15, -0.1) is 0 Å². The van der Waals surface area contributed by atoms with E-state index in [-0.39, 0.29) is 0 Å². The summed E-state index contributed by atoms with van der Waals surface area (Å²) in [7, 11) is 0. The summed E-state index contributed by atoms with van der Waals surface area (Å²) in [6, 6.07) is 34.1. The molecule has 0 radical (unpaired) electrons. The van der Waals surface area contributed by atoms with E-state index < -0.39 is 0 Å². The lowest BCUT2D eigenvalue weighted by Gasteiger charge is -2.13. The van der Waals surface area contributed by atoms with E-state index in [4.69, 9.17) is 4.98 Å². The molecule has 1 heterocycles. The largest absolute Gasteiger partial charge is 0.256 e. The molecule has 0 aliphatic carbocycles. The van der Waals surface area contributed by atoms with Crippen LogP contribution in [0.1, 0.15) is 0 Å². The van der Waals surface area contributed by atoms with Gasteiger partial charge in [0, 0.05) is 17.3 Å². The summed E-state index contributed by atoms with van der Waals surface area (Å²) < 4.78 is 0. The van der Waals surface area contributed by atoms with Crippen molar-refractivity contribution >= 4 is 21.5 Å². The van der Waals surface area contributed by atoms with Crippen LogP contribution in [-0.2, 0) is 0 Å². The van der Waals surface area contributed by atoms with E-state index in [0.29, 0.717) is 0 Å². The summed E-state index contributed by atoms with van der Waals surface area (Å²) in [5.41, 5.74) is 4.59. The van der Waals surface area contributed by atoms with Crippen LogP contribution in [0.25, 0.3) is 43.9 Å². The molecule has 0 saturated carbocycles. The van der Waals surface area contributed by atoms with Gasteiger partial charge in [0.25, 0.3) is 0 Å². The highest BCUT2D eigenvalue weighted by Crippen LogP contribution is 2.37. The number of aromatic nitrogens is 1. The van der Waals surface area contributed by atoms with Gasteiger partial charge < -0.3 is 0 Å². The minimum atomic E-state index is 1.03. The Morgan fingerprint density at radius 3 is 1.69 bits per heavy atom. The molecule has 0 aliphatic rings. The second kappa shape index (κ2) is 6.12. The van der Waals surface area contributed by atoms with Crippen molar-refractivity contribution in [2.24, 2.45) is 0 Å². The van der Waals surface area contributed by atoms with Crippen LogP contribution in [0.5, 0.6) is 0 Å². The first kappa shape index (κ1) is 14.9. The maximum Gasteiger partial charge on any atom is 0.0786 e. The zero-order valence-corrected chi connectivity index (χ0v) is 14.3. The van der Waals surface area contributed by atoms with Crippen molar-refractivity contribution in [3.05, 3.63) is 103 Å². The molecule has 1 aromatic heterocycles. The summed E-state index contributed by atoms with van der Waals surface area (Å²) in [5.74, 6) is 0. The fraction of sp³-hybridized carbons (Fsp3) is 0. The van der Waals surface area contributed by atoms with Gasteiger partial charge in [-0.3, -0.25) is 4.98 Å². The Morgan fingerprint density at radius 1 is 0.423 bits per heavy atom. The predicted octanol–water partition coefficient (Wildman–Crippen LogP) is 6.72. The van der Waals surface area contributed by atoms with Gasteiger partial charge in [-0.2, -0.15) is 0 Å². The second-order valence-electron chi connectivity index (χ2n) is 6.45. The standard InChI is InChI=1S/C25H17N/c1-3-12-20-18(8-1)10-5-14-22(20)24-16-7-17-26-25(24)23-15-6-11-19-9-2-4-13-21(19)23/h1-17H. The number of rotatable bonds is 2. The van der Waals surface area contributed by atoms with E-state index in [1.807, 2.05) is 12.3 Å². The molecule has 5 rings (SSSR count). The third kappa shape index (κ3) is 2.37. The molecule has 4 aromatic carbocycles. The maximum absolute atomic E-state index is 4.78. The van der Waals surface area contributed by atoms with Crippen molar-refractivity contribution in [2.75, 3.05) is 0 Å². The monoisotopic (exact) mass is 331 g/mol. The molecule has 0 amide bonds. The zero-order chi connectivity index (χ0) is 17.3. The van der Waals surface area contributed by atoms with Crippen molar-refractivity contribution in [1.82, 2.24) is 4.98 Å². The van der Waals surface area contributed by atoms with Crippen LogP contribution in [0.4, 0.5) is 0 Å². The third-order valence-electron chi connectivity index (χ3n) is 4.93. The van der Waals surface area contributed by atoms with Crippen molar-refractivity contribution in [2.45, 2.75) is 0 Å². The Labute approximate surface area is 152 Å². The molecule has 0 aliphatic heterocycles. The van der Waals surface area contributed by atoms with Crippen LogP contribution >= 0.6 is 0 Å². The summed E-state index contributed by atoms with van der Waals surface area (Å²) in [6.45, 7) is 0. The molecular weight excluding hydrogens is 314 g/mol. The molecule has 0 spiro atoms. The van der Waals surface area contributed by atoms with Crippen LogP contribution in [0.15, 0.2) is 103 Å². The average Bonchev–Trinajstić information content (AvgIpc) is 2.73. The van der Waals surface area contributed by atoms with Crippen molar-refractivity contribution < 1.29 is 0 Å². The lowest BCUT2D eigenvalue weighted by molar-refractivity contribution is 1.33. The molecular formula is C25H17N. The third-order valence-corrected chi connectivity index (χ3v) is 4.93. The normalized spacial score (nSPS) is 11.1. The first-order valence-corrected chi connectivity index (χ1v) is 8.83. The lowest BCUT2D eigenvalue weighted by Crippen LogP contribution is -1.91. The molecule has 0 atom stereocenters. The highest BCUT2D eigenvalue weighted by molar-refractivity contribution is 6.03. The Morgan fingerprint density at radius 2 is 0.962 bits per heavy atom. The van der Waals surface area contributed by atoms with Gasteiger partial charge in [-0.05, 0) is 33.2 Å². The predicted molar refractivity (Wildman–Crippen MR) is 110 cm³/mol. The lowest BCUT2D eigenvalue weighted by atomic mass is 9.93. The van der Waals surface area contributed by atoms with E-state index in [1.54, 1.807) is 0 Å². The Balaban J connectivity index is 1.83. The number of nitrogens with zero attached hydrogens (tertiary/aromatic N) is 1. The van der Waals surface area contributed by atoms with Gasteiger partial charge in [0.2, 0.25) is 0 Å². The quantitative estimate of drug-likeness (QED) is 0.350. The van der Waals surface area contributed by atoms with Crippen molar-refractivity contribution in [1.29, 1.82) is 0 Å². The van der Waals surface area contributed by atoms with Gasteiger partial charge in [0.15, 0.2) is 0 Å². The van der Waals surface area contributed by atoms with Gasteiger partial charge in [0.05, 0.1) is 5.69 Å². The topological polar surface area (TPSA) is 12.9 Å². The van der Waals surface area contributed by atoms with Crippen molar-refractivity contribution in [3.8, 4) is 22.4 Å². The number of fused-ring (bicyclic) bond motifs is 2. The SMILES string of the molecule is c1cnc(-c2cccc3ccccc23)c(-c2cccc3ccccc23)c1. The average molecular weight is 331 g/mol. The van der Waals surface area contributed by atoms with E-state index in [2.05, 4.69) is 91.0 Å². The molecule has 1 nitrogen and oxygen atoms in total. The number of benzene rings is 4. The maximum atomic E-state index is 4.78. The van der Waals surface area contributed by atoms with Crippen molar-refractivity contribution in [3.63, 3.8) is 0 Å². The Kier molecular flexibility index (Phi) is 3.50. The molecule has 26 heavy (non-hydrogen) atoms. The molecule has 0 fully saturated rings. The first-order chi connectivity index (χ1) is 12.9.